The summed E-state index contributed by atoms with van der Waals surface area (Å²) in [7, 11) is 0. The molecule has 0 saturated carbocycles. The largest absolute Gasteiger partial charge is 0.397 e. The zero-order chi connectivity index (χ0) is 12.4. The maximum absolute atomic E-state index is 5.67. The molecule has 0 spiro atoms. The Bertz CT molecular complexity index is 698. The highest BCUT2D eigenvalue weighted by atomic mass is 15.0. The van der Waals surface area contributed by atoms with Gasteiger partial charge in [0.25, 0.3) is 0 Å². The number of nitrogens with zero attached hydrogens (tertiary/aromatic N) is 2. The maximum Gasteiger partial charge on any atom is 0.178 e. The van der Waals surface area contributed by atoms with E-state index in [1.165, 1.54) is 0 Å². The minimum absolute atomic E-state index is 0.629. The van der Waals surface area contributed by atoms with Crippen LogP contribution in [-0.2, 0) is 0 Å². The summed E-state index contributed by atoms with van der Waals surface area (Å²) in [4.78, 5) is 11.7. The van der Waals surface area contributed by atoms with Gasteiger partial charge in [-0.2, -0.15) is 0 Å². The van der Waals surface area contributed by atoms with Crippen molar-refractivity contribution in [3.63, 3.8) is 0 Å². The van der Waals surface area contributed by atoms with Crippen LogP contribution in [0.3, 0.4) is 0 Å². The Morgan fingerprint density at radius 1 is 1.11 bits per heavy atom. The van der Waals surface area contributed by atoms with E-state index in [1.54, 1.807) is 6.20 Å². The molecule has 0 aliphatic carbocycles. The normalized spacial score (nSPS) is 11.3. The van der Waals surface area contributed by atoms with E-state index >= 15 is 0 Å². The molecule has 2 aromatic heterocycles. The van der Waals surface area contributed by atoms with Crippen molar-refractivity contribution in [2.75, 3.05) is 5.73 Å². The molecule has 0 aliphatic rings. The van der Waals surface area contributed by atoms with E-state index in [0.717, 1.165) is 16.9 Å². The SMILES string of the molecule is Nc1cnc2nc(/C=C/c3ccccc3)[nH]c2c1. The number of H-pyrrole nitrogens is 1. The lowest BCUT2D eigenvalue weighted by molar-refractivity contribution is 1.27. The van der Waals surface area contributed by atoms with Gasteiger partial charge in [0.15, 0.2) is 5.65 Å². The number of nitrogen functional groups attached to an aromatic ring is 1. The van der Waals surface area contributed by atoms with E-state index in [2.05, 4.69) is 15.0 Å². The Hall–Kier alpha value is -2.62. The lowest BCUT2D eigenvalue weighted by atomic mass is 10.2. The van der Waals surface area contributed by atoms with E-state index in [9.17, 15) is 0 Å². The van der Waals surface area contributed by atoms with Gasteiger partial charge in [-0.3, -0.25) is 0 Å². The highest BCUT2D eigenvalue weighted by Crippen LogP contribution is 2.13. The van der Waals surface area contributed by atoms with Crippen LogP contribution in [0.15, 0.2) is 42.6 Å². The molecule has 0 atom stereocenters. The highest BCUT2D eigenvalue weighted by molar-refractivity contribution is 5.77. The van der Waals surface area contributed by atoms with E-state index < -0.39 is 0 Å². The summed E-state index contributed by atoms with van der Waals surface area (Å²) in [6.07, 6.45) is 5.53. The monoisotopic (exact) mass is 236 g/mol. The number of nitrogens with one attached hydrogen (secondary N) is 1. The van der Waals surface area contributed by atoms with Crippen molar-refractivity contribution in [3.05, 3.63) is 54.0 Å². The fourth-order valence-corrected chi connectivity index (χ4v) is 1.75. The maximum atomic E-state index is 5.67. The second kappa shape index (κ2) is 4.33. The van der Waals surface area contributed by atoms with Crippen molar-refractivity contribution >= 4 is 29.0 Å². The molecule has 0 aliphatic heterocycles. The second-order valence-electron chi connectivity index (χ2n) is 4.01. The summed E-state index contributed by atoms with van der Waals surface area (Å²) in [5, 5.41) is 0. The number of anilines is 1. The van der Waals surface area contributed by atoms with E-state index in [1.807, 2.05) is 48.6 Å². The number of hydrogen-bond donors (Lipinski definition) is 2. The number of imidazole rings is 1. The molecule has 0 unspecified atom stereocenters. The molecule has 0 bridgehead atoms. The first-order chi connectivity index (χ1) is 8.81. The molecule has 3 N–H and O–H groups in total. The first kappa shape index (κ1) is 10.5. The fraction of sp³-hybridized carbons (Fsp3) is 0. The zero-order valence-corrected chi connectivity index (χ0v) is 9.67. The summed E-state index contributed by atoms with van der Waals surface area (Å²) in [5.41, 5.74) is 8.96. The highest BCUT2D eigenvalue weighted by Gasteiger charge is 2.01. The molecule has 0 amide bonds. The average molecular weight is 236 g/mol. The van der Waals surface area contributed by atoms with Gasteiger partial charge >= 0.3 is 0 Å². The molecular formula is C14H12N4. The summed E-state index contributed by atoms with van der Waals surface area (Å²) in [6.45, 7) is 0. The molecule has 3 rings (SSSR count). The first-order valence-corrected chi connectivity index (χ1v) is 5.66. The van der Waals surface area contributed by atoms with Crippen molar-refractivity contribution < 1.29 is 0 Å². The molecule has 0 radical (unpaired) electrons. The van der Waals surface area contributed by atoms with Gasteiger partial charge < -0.3 is 10.7 Å². The third kappa shape index (κ3) is 2.08. The van der Waals surface area contributed by atoms with Crippen LogP contribution in [0.5, 0.6) is 0 Å². The summed E-state index contributed by atoms with van der Waals surface area (Å²) in [6, 6.07) is 11.9. The molecule has 3 aromatic rings. The number of pyridine rings is 1. The Morgan fingerprint density at radius 2 is 1.94 bits per heavy atom. The Kier molecular flexibility index (Phi) is 2.53. The Balaban J connectivity index is 1.93. The molecular weight excluding hydrogens is 224 g/mol. The van der Waals surface area contributed by atoms with Crippen LogP contribution in [0, 0.1) is 0 Å². The lowest BCUT2D eigenvalue weighted by Gasteiger charge is -1.89. The number of nitrogens with two attached hydrogens (primary N) is 1. The second-order valence-corrected chi connectivity index (χ2v) is 4.01. The summed E-state index contributed by atoms with van der Waals surface area (Å²) in [5.74, 6) is 0.770. The third-order valence-electron chi connectivity index (χ3n) is 2.61. The van der Waals surface area contributed by atoms with Crippen molar-refractivity contribution in [3.8, 4) is 0 Å². The van der Waals surface area contributed by atoms with Crippen LogP contribution >= 0.6 is 0 Å². The van der Waals surface area contributed by atoms with Crippen molar-refractivity contribution in [2.24, 2.45) is 0 Å². The van der Waals surface area contributed by atoms with Gasteiger partial charge in [0, 0.05) is 0 Å². The molecule has 4 heteroatoms. The molecule has 0 fully saturated rings. The van der Waals surface area contributed by atoms with Gasteiger partial charge in [0.2, 0.25) is 0 Å². The predicted octanol–water partition coefficient (Wildman–Crippen LogP) is 2.71. The number of benzene rings is 1. The van der Waals surface area contributed by atoms with E-state index in [0.29, 0.717) is 11.3 Å². The lowest BCUT2D eigenvalue weighted by Crippen LogP contribution is -1.85. The quantitative estimate of drug-likeness (QED) is 0.718. The predicted molar refractivity (Wildman–Crippen MR) is 73.7 cm³/mol. The minimum atomic E-state index is 0.629. The average Bonchev–Trinajstić information content (AvgIpc) is 2.79. The van der Waals surface area contributed by atoms with Gasteiger partial charge in [0.1, 0.15) is 5.82 Å². The number of fused-ring (bicyclic) bond motifs is 1. The topological polar surface area (TPSA) is 67.6 Å². The third-order valence-corrected chi connectivity index (χ3v) is 2.61. The number of aromatic nitrogens is 3. The van der Waals surface area contributed by atoms with Crippen molar-refractivity contribution in [1.29, 1.82) is 0 Å². The van der Waals surface area contributed by atoms with Crippen LogP contribution in [0.2, 0.25) is 0 Å². The van der Waals surface area contributed by atoms with Crippen molar-refractivity contribution in [2.45, 2.75) is 0 Å². The van der Waals surface area contributed by atoms with Gasteiger partial charge in [-0.25, -0.2) is 9.97 Å². The van der Waals surface area contributed by atoms with Gasteiger partial charge in [-0.15, -0.1) is 0 Å². The smallest absolute Gasteiger partial charge is 0.178 e. The molecule has 18 heavy (non-hydrogen) atoms. The van der Waals surface area contributed by atoms with Crippen LogP contribution in [0.4, 0.5) is 5.69 Å². The summed E-state index contributed by atoms with van der Waals surface area (Å²) < 4.78 is 0. The standard InChI is InChI=1S/C14H12N4/c15-11-8-12-14(16-9-11)18-13(17-12)7-6-10-4-2-1-3-5-10/h1-9H,15H2,(H,16,17,18)/b7-6+. The molecule has 2 heterocycles. The first-order valence-electron chi connectivity index (χ1n) is 5.66. The Labute approximate surface area is 104 Å². The van der Waals surface area contributed by atoms with Gasteiger partial charge in [-0.1, -0.05) is 36.4 Å². The van der Waals surface area contributed by atoms with Crippen LogP contribution in [-0.4, -0.2) is 15.0 Å². The van der Waals surface area contributed by atoms with Crippen LogP contribution in [0.25, 0.3) is 23.3 Å². The van der Waals surface area contributed by atoms with E-state index in [4.69, 9.17) is 5.73 Å². The molecule has 88 valence electrons. The minimum Gasteiger partial charge on any atom is -0.397 e. The Morgan fingerprint density at radius 3 is 2.78 bits per heavy atom. The zero-order valence-electron chi connectivity index (χ0n) is 9.67. The van der Waals surface area contributed by atoms with Crippen LogP contribution in [0.1, 0.15) is 11.4 Å². The molecule has 0 saturated heterocycles. The molecule has 4 nitrogen and oxygen atoms in total. The fourth-order valence-electron chi connectivity index (χ4n) is 1.75. The van der Waals surface area contributed by atoms with Gasteiger partial charge in [0.05, 0.1) is 17.4 Å². The summed E-state index contributed by atoms with van der Waals surface area (Å²) >= 11 is 0. The number of aromatic amines is 1. The number of rotatable bonds is 2. The van der Waals surface area contributed by atoms with E-state index in [-0.39, 0.29) is 0 Å². The number of hydrogen-bond acceptors (Lipinski definition) is 3. The van der Waals surface area contributed by atoms with Gasteiger partial charge in [-0.05, 0) is 17.7 Å². The van der Waals surface area contributed by atoms with Crippen LogP contribution < -0.4 is 5.73 Å². The van der Waals surface area contributed by atoms with Crippen molar-refractivity contribution in [1.82, 2.24) is 15.0 Å². The molecule has 1 aromatic carbocycles.